The minimum absolute atomic E-state index is 0.144. The van der Waals surface area contributed by atoms with Gasteiger partial charge in [-0.05, 0) is 12.8 Å². The molecule has 2 saturated heterocycles. The summed E-state index contributed by atoms with van der Waals surface area (Å²) in [7, 11) is -3.29. The van der Waals surface area contributed by atoms with Gasteiger partial charge in [0.15, 0.2) is 0 Å². The topological polar surface area (TPSA) is 46.6 Å². The van der Waals surface area contributed by atoms with Crippen LogP contribution >= 0.6 is 0 Å². The van der Waals surface area contributed by atoms with Crippen LogP contribution in [0.25, 0.3) is 0 Å². The van der Waals surface area contributed by atoms with E-state index < -0.39 is 10.3 Å². The van der Waals surface area contributed by atoms with Gasteiger partial charge >= 0.3 is 10.3 Å². The Balaban J connectivity index is 2.32. The van der Waals surface area contributed by atoms with Gasteiger partial charge in [-0.1, -0.05) is 0 Å². The number of nitrogens with zero attached hydrogens (tertiary/aromatic N) is 1. The third-order valence-corrected chi connectivity index (χ3v) is 3.51. The number of hydrogen-bond donors (Lipinski definition) is 0. The van der Waals surface area contributed by atoms with Crippen LogP contribution < -0.4 is 0 Å². The summed E-state index contributed by atoms with van der Waals surface area (Å²) in [5.41, 5.74) is 0. The lowest BCUT2D eigenvalue weighted by Gasteiger charge is -2.07. The molecular formula is C5H9NO3S. The molecule has 0 aromatic heterocycles. The molecular weight excluding hydrogens is 154 g/mol. The molecule has 0 radical (unpaired) electrons. The molecule has 0 aliphatic carbocycles. The Bertz CT molecular complexity index is 235. The van der Waals surface area contributed by atoms with Crippen LogP contribution in [-0.2, 0) is 14.5 Å². The average Bonchev–Trinajstić information content (AvgIpc) is 2.36. The Hall–Kier alpha value is -0.130. The van der Waals surface area contributed by atoms with Crippen molar-refractivity contribution in [2.45, 2.75) is 18.9 Å². The number of hydrogen-bond acceptors (Lipinski definition) is 3. The Morgan fingerprint density at radius 2 is 2.30 bits per heavy atom. The number of fused-ring (bicyclic) bond motifs is 1. The molecule has 0 aromatic rings. The lowest BCUT2D eigenvalue weighted by molar-refractivity contribution is 0.330. The summed E-state index contributed by atoms with van der Waals surface area (Å²) in [4.78, 5) is 0. The quantitative estimate of drug-likeness (QED) is 0.493. The predicted octanol–water partition coefficient (Wildman–Crippen LogP) is -0.274. The van der Waals surface area contributed by atoms with Crippen LogP contribution in [0.5, 0.6) is 0 Å². The van der Waals surface area contributed by atoms with E-state index in [1.54, 1.807) is 0 Å². The maximum Gasteiger partial charge on any atom is 0.338 e. The third-order valence-electron chi connectivity index (χ3n) is 2.02. The molecule has 2 rings (SSSR count). The largest absolute Gasteiger partial charge is 0.338 e. The van der Waals surface area contributed by atoms with Crippen molar-refractivity contribution in [2.24, 2.45) is 0 Å². The van der Waals surface area contributed by atoms with Crippen LogP contribution in [0.3, 0.4) is 0 Å². The molecule has 1 atom stereocenters. The molecule has 0 N–H and O–H groups in total. The maximum atomic E-state index is 10.9. The van der Waals surface area contributed by atoms with Crippen molar-refractivity contribution in [1.29, 1.82) is 0 Å². The second-order valence-corrected chi connectivity index (χ2v) is 4.21. The molecule has 2 heterocycles. The summed E-state index contributed by atoms with van der Waals surface area (Å²) >= 11 is 0. The Morgan fingerprint density at radius 3 is 3.00 bits per heavy atom. The van der Waals surface area contributed by atoms with E-state index in [9.17, 15) is 8.42 Å². The monoisotopic (exact) mass is 163 g/mol. The molecule has 4 nitrogen and oxygen atoms in total. The highest BCUT2D eigenvalue weighted by atomic mass is 32.2. The lowest BCUT2D eigenvalue weighted by atomic mass is 10.2. The first-order valence-corrected chi connectivity index (χ1v) is 4.73. The SMILES string of the molecule is O=S1(=O)OC[C@H]2CCCN21. The van der Waals surface area contributed by atoms with E-state index in [0.717, 1.165) is 12.8 Å². The molecule has 2 fully saturated rings. The normalized spacial score (nSPS) is 38.2. The van der Waals surface area contributed by atoms with Crippen LogP contribution in [0.15, 0.2) is 0 Å². The fourth-order valence-electron chi connectivity index (χ4n) is 1.50. The molecule has 2 aliphatic rings. The van der Waals surface area contributed by atoms with E-state index in [1.165, 1.54) is 4.31 Å². The van der Waals surface area contributed by atoms with Crippen LogP contribution in [0.4, 0.5) is 0 Å². The summed E-state index contributed by atoms with van der Waals surface area (Å²) in [6.45, 7) is 1.01. The first-order valence-electron chi connectivity index (χ1n) is 3.36. The van der Waals surface area contributed by atoms with E-state index in [0.29, 0.717) is 13.2 Å². The van der Waals surface area contributed by atoms with Crippen molar-refractivity contribution < 1.29 is 12.6 Å². The van der Waals surface area contributed by atoms with Gasteiger partial charge in [-0.25, -0.2) is 0 Å². The zero-order valence-corrected chi connectivity index (χ0v) is 6.30. The van der Waals surface area contributed by atoms with Gasteiger partial charge in [0.1, 0.15) is 0 Å². The Kier molecular flexibility index (Phi) is 1.27. The zero-order valence-electron chi connectivity index (χ0n) is 5.49. The summed E-state index contributed by atoms with van der Waals surface area (Å²) in [5.74, 6) is 0. The second kappa shape index (κ2) is 1.93. The van der Waals surface area contributed by atoms with Crippen LogP contribution in [0, 0.1) is 0 Å². The Morgan fingerprint density at radius 1 is 1.50 bits per heavy atom. The van der Waals surface area contributed by atoms with Crippen molar-refractivity contribution in [3.8, 4) is 0 Å². The van der Waals surface area contributed by atoms with E-state index in [2.05, 4.69) is 4.18 Å². The smallest absolute Gasteiger partial charge is 0.256 e. The first-order chi connectivity index (χ1) is 4.70. The average molecular weight is 163 g/mol. The summed E-state index contributed by atoms with van der Waals surface area (Å²) in [6.07, 6.45) is 1.94. The molecule has 2 aliphatic heterocycles. The third kappa shape index (κ3) is 0.777. The minimum Gasteiger partial charge on any atom is -0.256 e. The molecule has 5 heteroatoms. The van der Waals surface area contributed by atoms with Gasteiger partial charge in [0.05, 0.1) is 12.6 Å². The summed E-state index contributed by atoms with van der Waals surface area (Å²) in [6, 6.07) is 0.144. The summed E-state index contributed by atoms with van der Waals surface area (Å²) in [5, 5.41) is 0. The van der Waals surface area contributed by atoms with E-state index in [-0.39, 0.29) is 6.04 Å². The Labute approximate surface area is 60.0 Å². The van der Waals surface area contributed by atoms with Crippen molar-refractivity contribution in [3.05, 3.63) is 0 Å². The van der Waals surface area contributed by atoms with Crippen molar-refractivity contribution in [1.82, 2.24) is 4.31 Å². The molecule has 10 heavy (non-hydrogen) atoms. The molecule has 0 spiro atoms. The highest BCUT2D eigenvalue weighted by molar-refractivity contribution is 7.84. The lowest BCUT2D eigenvalue weighted by Crippen LogP contribution is -2.27. The van der Waals surface area contributed by atoms with E-state index >= 15 is 0 Å². The fraction of sp³-hybridized carbons (Fsp3) is 1.00. The molecule has 0 bridgehead atoms. The standard InChI is InChI=1S/C5H9NO3S/c7-10(8)6-3-1-2-5(6)4-9-10/h5H,1-4H2/t5-/m1/s1. The van der Waals surface area contributed by atoms with Crippen LogP contribution in [0.2, 0.25) is 0 Å². The van der Waals surface area contributed by atoms with Gasteiger partial charge in [0.25, 0.3) is 0 Å². The predicted molar refractivity (Wildman–Crippen MR) is 34.6 cm³/mol. The number of rotatable bonds is 0. The first kappa shape index (κ1) is 6.57. The van der Waals surface area contributed by atoms with Gasteiger partial charge in [-0.15, -0.1) is 0 Å². The molecule has 0 aromatic carbocycles. The van der Waals surface area contributed by atoms with Crippen LogP contribution in [-0.4, -0.2) is 31.9 Å². The van der Waals surface area contributed by atoms with Gasteiger partial charge in [-0.3, -0.25) is 4.18 Å². The molecule has 0 unspecified atom stereocenters. The van der Waals surface area contributed by atoms with Crippen LogP contribution in [0.1, 0.15) is 12.8 Å². The second-order valence-electron chi connectivity index (χ2n) is 2.65. The molecule has 0 amide bonds. The van der Waals surface area contributed by atoms with Gasteiger partial charge in [-0.2, -0.15) is 12.7 Å². The fourth-order valence-corrected chi connectivity index (χ4v) is 2.85. The van der Waals surface area contributed by atoms with Crippen molar-refractivity contribution in [3.63, 3.8) is 0 Å². The maximum absolute atomic E-state index is 10.9. The minimum atomic E-state index is -3.29. The molecule has 0 saturated carbocycles. The van der Waals surface area contributed by atoms with E-state index in [4.69, 9.17) is 0 Å². The van der Waals surface area contributed by atoms with Gasteiger partial charge < -0.3 is 0 Å². The van der Waals surface area contributed by atoms with Crippen molar-refractivity contribution in [2.75, 3.05) is 13.2 Å². The zero-order chi connectivity index (χ0) is 7.19. The highest BCUT2D eigenvalue weighted by Crippen LogP contribution is 2.27. The van der Waals surface area contributed by atoms with E-state index in [1.807, 2.05) is 0 Å². The molecule has 58 valence electrons. The summed E-state index contributed by atoms with van der Waals surface area (Å²) < 4.78 is 28.0. The highest BCUT2D eigenvalue weighted by Gasteiger charge is 2.41. The van der Waals surface area contributed by atoms with Gasteiger partial charge in [0, 0.05) is 6.54 Å². The van der Waals surface area contributed by atoms with Crippen molar-refractivity contribution >= 4 is 10.3 Å². The van der Waals surface area contributed by atoms with Gasteiger partial charge in [0.2, 0.25) is 0 Å².